The summed E-state index contributed by atoms with van der Waals surface area (Å²) >= 11 is 0. The fourth-order valence-corrected chi connectivity index (χ4v) is 4.11. The number of likely N-dealkylation sites (N-methyl/N-ethyl adjacent to an activating group) is 1. The lowest BCUT2D eigenvalue weighted by atomic mass is 10.0. The van der Waals surface area contributed by atoms with E-state index in [4.69, 9.17) is 0 Å². The predicted molar refractivity (Wildman–Crippen MR) is 101 cm³/mol. The van der Waals surface area contributed by atoms with E-state index >= 15 is 0 Å². The molecule has 128 valence electrons. The normalized spacial score (nSPS) is 16.5. The predicted octanol–water partition coefficient (Wildman–Crippen LogP) is 3.03. The fraction of sp³-hybridized carbons (Fsp3) is 0.368. The van der Waals surface area contributed by atoms with Gasteiger partial charge in [-0.15, -0.1) is 0 Å². The van der Waals surface area contributed by atoms with Crippen molar-refractivity contribution < 1.29 is 8.42 Å². The number of hydrogen-bond acceptors (Lipinski definition) is 4. The summed E-state index contributed by atoms with van der Waals surface area (Å²) in [7, 11) is -1.09. The van der Waals surface area contributed by atoms with E-state index in [-0.39, 0.29) is 5.75 Å². The van der Waals surface area contributed by atoms with Crippen LogP contribution in [0.3, 0.4) is 0 Å². The molecule has 0 atom stereocenters. The van der Waals surface area contributed by atoms with Gasteiger partial charge in [-0.25, -0.2) is 8.42 Å². The second-order valence-corrected chi connectivity index (χ2v) is 8.56. The molecule has 1 saturated heterocycles. The molecule has 2 aromatic rings. The standard InChI is InChI=1S/C19H24N2O2S/c1-4-15-6-7-16-8-9-17(24(22,23)5-2)14-18(16)19(15)21-12-10-20(3)11-13-21/h4,6-9,14H,1,5,10-13H2,2-3H3. The van der Waals surface area contributed by atoms with Gasteiger partial charge in [-0.05, 0) is 30.1 Å². The van der Waals surface area contributed by atoms with Gasteiger partial charge in [0.1, 0.15) is 0 Å². The Balaban J connectivity index is 2.20. The number of piperazine rings is 1. The summed E-state index contributed by atoms with van der Waals surface area (Å²) in [4.78, 5) is 5.05. The highest BCUT2D eigenvalue weighted by Gasteiger charge is 2.20. The number of nitrogens with zero attached hydrogens (tertiary/aromatic N) is 2. The maximum atomic E-state index is 12.3. The van der Waals surface area contributed by atoms with Crippen LogP contribution in [0.1, 0.15) is 12.5 Å². The minimum Gasteiger partial charge on any atom is -0.368 e. The van der Waals surface area contributed by atoms with Gasteiger partial charge < -0.3 is 9.80 Å². The van der Waals surface area contributed by atoms with Crippen molar-refractivity contribution in [2.45, 2.75) is 11.8 Å². The van der Waals surface area contributed by atoms with Crippen molar-refractivity contribution in [1.29, 1.82) is 0 Å². The van der Waals surface area contributed by atoms with Crippen LogP contribution in [0.4, 0.5) is 5.69 Å². The first-order valence-electron chi connectivity index (χ1n) is 8.31. The highest BCUT2D eigenvalue weighted by molar-refractivity contribution is 7.91. The van der Waals surface area contributed by atoms with E-state index < -0.39 is 9.84 Å². The van der Waals surface area contributed by atoms with Crippen LogP contribution in [0.5, 0.6) is 0 Å². The van der Waals surface area contributed by atoms with Crippen LogP contribution in [0.15, 0.2) is 41.8 Å². The van der Waals surface area contributed by atoms with Gasteiger partial charge in [0.25, 0.3) is 0 Å². The van der Waals surface area contributed by atoms with Crippen LogP contribution in [0, 0.1) is 0 Å². The highest BCUT2D eigenvalue weighted by Crippen LogP contribution is 2.34. The zero-order valence-electron chi connectivity index (χ0n) is 14.3. The third-order valence-corrected chi connectivity index (χ3v) is 6.51. The number of rotatable bonds is 4. The fourth-order valence-electron chi connectivity index (χ4n) is 3.21. The SMILES string of the molecule is C=Cc1ccc2ccc(S(=O)(=O)CC)cc2c1N1CCN(C)CC1. The van der Waals surface area contributed by atoms with Gasteiger partial charge in [0, 0.05) is 31.6 Å². The monoisotopic (exact) mass is 344 g/mol. The third-order valence-electron chi connectivity index (χ3n) is 4.77. The van der Waals surface area contributed by atoms with E-state index in [1.54, 1.807) is 13.0 Å². The summed E-state index contributed by atoms with van der Waals surface area (Å²) < 4.78 is 24.6. The molecule has 0 radical (unpaired) electrons. The molecule has 4 nitrogen and oxygen atoms in total. The molecule has 1 aliphatic heterocycles. The number of benzene rings is 2. The molecule has 0 N–H and O–H groups in total. The third kappa shape index (κ3) is 3.06. The van der Waals surface area contributed by atoms with Gasteiger partial charge >= 0.3 is 0 Å². The second-order valence-electron chi connectivity index (χ2n) is 6.28. The summed E-state index contributed by atoms with van der Waals surface area (Å²) in [6.45, 7) is 9.49. The second kappa shape index (κ2) is 6.57. The Hall–Kier alpha value is -1.85. The van der Waals surface area contributed by atoms with Crippen LogP contribution in [0.25, 0.3) is 16.8 Å². The Morgan fingerprint density at radius 3 is 2.42 bits per heavy atom. The molecule has 24 heavy (non-hydrogen) atoms. The lowest BCUT2D eigenvalue weighted by Gasteiger charge is -2.35. The maximum Gasteiger partial charge on any atom is 0.178 e. The van der Waals surface area contributed by atoms with Gasteiger partial charge in [0.2, 0.25) is 0 Å². The van der Waals surface area contributed by atoms with E-state index in [1.165, 1.54) is 0 Å². The first-order chi connectivity index (χ1) is 11.5. The lowest BCUT2D eigenvalue weighted by Crippen LogP contribution is -2.44. The molecular weight excluding hydrogens is 320 g/mol. The Morgan fingerprint density at radius 2 is 1.79 bits per heavy atom. The van der Waals surface area contributed by atoms with Crippen LogP contribution in [-0.2, 0) is 9.84 Å². The van der Waals surface area contributed by atoms with Gasteiger partial charge in [0.15, 0.2) is 9.84 Å². The van der Waals surface area contributed by atoms with Crippen LogP contribution in [-0.4, -0.2) is 52.3 Å². The molecule has 0 bridgehead atoms. The summed E-state index contributed by atoms with van der Waals surface area (Å²) in [6.07, 6.45) is 1.86. The quantitative estimate of drug-likeness (QED) is 0.855. The van der Waals surface area contributed by atoms with Crippen LogP contribution in [0.2, 0.25) is 0 Å². The van der Waals surface area contributed by atoms with Crippen LogP contribution >= 0.6 is 0 Å². The van der Waals surface area contributed by atoms with E-state index in [2.05, 4.69) is 29.5 Å². The molecule has 0 saturated carbocycles. The van der Waals surface area contributed by atoms with Gasteiger partial charge in [-0.1, -0.05) is 37.8 Å². The Bertz CT molecular complexity index is 866. The summed E-state index contributed by atoms with van der Waals surface area (Å²) in [5, 5.41) is 2.05. The molecule has 1 fully saturated rings. The number of sulfone groups is 1. The van der Waals surface area contributed by atoms with E-state index in [0.717, 1.165) is 48.2 Å². The van der Waals surface area contributed by atoms with Crippen LogP contribution < -0.4 is 4.90 Å². The Kier molecular flexibility index (Phi) is 4.65. The van der Waals surface area contributed by atoms with Crippen molar-refractivity contribution in [2.75, 3.05) is 43.9 Å². The summed E-state index contributed by atoms with van der Waals surface area (Å²) in [6, 6.07) is 9.55. The van der Waals surface area contributed by atoms with Crippen molar-refractivity contribution in [3.05, 3.63) is 42.5 Å². The first-order valence-corrected chi connectivity index (χ1v) is 9.97. The molecule has 1 aliphatic rings. The smallest absolute Gasteiger partial charge is 0.178 e. The van der Waals surface area contributed by atoms with E-state index in [1.807, 2.05) is 24.3 Å². The first kappa shape index (κ1) is 17.0. The number of hydrogen-bond donors (Lipinski definition) is 0. The zero-order valence-corrected chi connectivity index (χ0v) is 15.1. The van der Waals surface area contributed by atoms with Gasteiger partial charge in [-0.3, -0.25) is 0 Å². The Morgan fingerprint density at radius 1 is 1.12 bits per heavy atom. The largest absolute Gasteiger partial charge is 0.368 e. The molecule has 2 aromatic carbocycles. The minimum atomic E-state index is -3.22. The molecule has 0 aliphatic carbocycles. The highest BCUT2D eigenvalue weighted by atomic mass is 32.2. The lowest BCUT2D eigenvalue weighted by molar-refractivity contribution is 0.313. The Labute approximate surface area is 144 Å². The molecule has 5 heteroatoms. The van der Waals surface area contributed by atoms with Gasteiger partial charge in [-0.2, -0.15) is 0 Å². The van der Waals surface area contributed by atoms with Crippen molar-refractivity contribution >= 4 is 32.4 Å². The van der Waals surface area contributed by atoms with Crippen molar-refractivity contribution in [3.63, 3.8) is 0 Å². The topological polar surface area (TPSA) is 40.6 Å². The maximum absolute atomic E-state index is 12.3. The molecule has 1 heterocycles. The van der Waals surface area contributed by atoms with Crippen molar-refractivity contribution in [1.82, 2.24) is 4.90 Å². The van der Waals surface area contributed by atoms with E-state index in [0.29, 0.717) is 4.90 Å². The zero-order chi connectivity index (χ0) is 17.3. The number of anilines is 1. The number of fused-ring (bicyclic) bond motifs is 1. The van der Waals surface area contributed by atoms with Gasteiger partial charge in [0.05, 0.1) is 16.3 Å². The van der Waals surface area contributed by atoms with Crippen molar-refractivity contribution in [2.24, 2.45) is 0 Å². The average Bonchev–Trinajstić information content (AvgIpc) is 2.61. The molecule has 0 amide bonds. The molecular formula is C19H24N2O2S. The molecule has 0 spiro atoms. The average molecular weight is 344 g/mol. The van der Waals surface area contributed by atoms with E-state index in [9.17, 15) is 8.42 Å². The molecule has 0 unspecified atom stereocenters. The molecule has 0 aromatic heterocycles. The summed E-state index contributed by atoms with van der Waals surface area (Å²) in [5.41, 5.74) is 2.15. The minimum absolute atomic E-state index is 0.115. The molecule has 3 rings (SSSR count). The summed E-state index contributed by atoms with van der Waals surface area (Å²) in [5.74, 6) is 0.115. The van der Waals surface area contributed by atoms with Crippen molar-refractivity contribution in [3.8, 4) is 0 Å².